The molecule has 1 heterocycles. The Morgan fingerprint density at radius 3 is 2.73 bits per heavy atom. The minimum atomic E-state index is 0.252. The van der Waals surface area contributed by atoms with Gasteiger partial charge in [-0.2, -0.15) is 0 Å². The Morgan fingerprint density at radius 1 is 1.33 bits per heavy atom. The van der Waals surface area contributed by atoms with E-state index < -0.39 is 0 Å². The van der Waals surface area contributed by atoms with E-state index in [2.05, 4.69) is 9.97 Å². The molecule has 0 aromatic carbocycles. The van der Waals surface area contributed by atoms with Crippen molar-refractivity contribution in [3.05, 3.63) is 18.6 Å². The van der Waals surface area contributed by atoms with Gasteiger partial charge < -0.3 is 9.84 Å². The summed E-state index contributed by atoms with van der Waals surface area (Å²) in [5, 5.41) is 9.01. The zero-order valence-electron chi connectivity index (χ0n) is 8.67. The molecule has 0 unspecified atom stereocenters. The first-order valence-corrected chi connectivity index (χ1v) is 5.42. The Morgan fingerprint density at radius 2 is 2.13 bits per heavy atom. The summed E-state index contributed by atoms with van der Waals surface area (Å²) in [7, 11) is 0. The minimum absolute atomic E-state index is 0.252. The van der Waals surface area contributed by atoms with Gasteiger partial charge in [-0.1, -0.05) is 0 Å². The van der Waals surface area contributed by atoms with E-state index in [0.717, 1.165) is 25.7 Å². The van der Waals surface area contributed by atoms with Crippen molar-refractivity contribution in [3.63, 3.8) is 0 Å². The summed E-state index contributed by atoms with van der Waals surface area (Å²) in [4.78, 5) is 7.87. The topological polar surface area (TPSA) is 55.2 Å². The van der Waals surface area contributed by atoms with E-state index in [0.29, 0.717) is 18.4 Å². The second-order valence-electron chi connectivity index (χ2n) is 3.99. The zero-order chi connectivity index (χ0) is 10.5. The molecule has 1 N–H and O–H groups in total. The molecule has 4 nitrogen and oxygen atoms in total. The van der Waals surface area contributed by atoms with Crippen molar-refractivity contribution in [1.82, 2.24) is 9.97 Å². The van der Waals surface area contributed by atoms with E-state index in [1.165, 1.54) is 6.33 Å². The van der Waals surface area contributed by atoms with Crippen LogP contribution in [0.15, 0.2) is 18.6 Å². The van der Waals surface area contributed by atoms with Gasteiger partial charge in [-0.25, -0.2) is 9.97 Å². The van der Waals surface area contributed by atoms with Gasteiger partial charge in [0.2, 0.25) is 5.88 Å². The summed E-state index contributed by atoms with van der Waals surface area (Å²) in [6, 6.07) is 1.78. The first-order chi connectivity index (χ1) is 7.38. The van der Waals surface area contributed by atoms with E-state index >= 15 is 0 Å². The van der Waals surface area contributed by atoms with E-state index in [-0.39, 0.29) is 6.10 Å². The van der Waals surface area contributed by atoms with Gasteiger partial charge in [-0.3, -0.25) is 0 Å². The Balaban J connectivity index is 1.82. The fourth-order valence-corrected chi connectivity index (χ4v) is 1.95. The third-order valence-corrected chi connectivity index (χ3v) is 2.89. The minimum Gasteiger partial charge on any atom is -0.474 e. The van der Waals surface area contributed by atoms with Crippen molar-refractivity contribution in [2.24, 2.45) is 5.92 Å². The number of aliphatic hydroxyl groups is 1. The first kappa shape index (κ1) is 10.4. The molecule has 0 atom stereocenters. The Kier molecular flexibility index (Phi) is 3.50. The molecule has 15 heavy (non-hydrogen) atoms. The highest BCUT2D eigenvalue weighted by Crippen LogP contribution is 2.26. The quantitative estimate of drug-likeness (QED) is 0.816. The van der Waals surface area contributed by atoms with Crippen LogP contribution >= 0.6 is 0 Å². The van der Waals surface area contributed by atoms with Gasteiger partial charge in [-0.15, -0.1) is 0 Å². The van der Waals surface area contributed by atoms with Gasteiger partial charge in [0.15, 0.2) is 0 Å². The third kappa shape index (κ3) is 2.89. The lowest BCUT2D eigenvalue weighted by molar-refractivity contribution is 0.100. The number of nitrogens with zero attached hydrogens (tertiary/aromatic N) is 2. The Labute approximate surface area is 89.3 Å². The number of hydrogen-bond donors (Lipinski definition) is 1. The number of aromatic nitrogens is 2. The first-order valence-electron chi connectivity index (χ1n) is 5.42. The van der Waals surface area contributed by atoms with E-state index in [9.17, 15) is 0 Å². The molecule has 1 aliphatic carbocycles. The van der Waals surface area contributed by atoms with Crippen molar-refractivity contribution in [1.29, 1.82) is 0 Å². The zero-order valence-corrected chi connectivity index (χ0v) is 8.67. The summed E-state index contributed by atoms with van der Waals surface area (Å²) >= 11 is 0. The molecule has 0 spiro atoms. The maximum absolute atomic E-state index is 9.01. The van der Waals surface area contributed by atoms with Crippen molar-refractivity contribution in [2.45, 2.75) is 31.8 Å². The Bertz CT molecular complexity index is 284. The van der Waals surface area contributed by atoms with E-state index in [4.69, 9.17) is 9.84 Å². The standard InChI is InChI=1S/C11H16N2O2/c14-7-9-1-3-10(4-2-9)15-11-5-6-12-8-13-11/h5-6,8-10,14H,1-4,7H2. The SMILES string of the molecule is OCC1CCC(Oc2ccncn2)CC1. The maximum atomic E-state index is 9.01. The van der Waals surface area contributed by atoms with Gasteiger partial charge in [0.05, 0.1) is 0 Å². The highest BCUT2D eigenvalue weighted by atomic mass is 16.5. The summed E-state index contributed by atoms with van der Waals surface area (Å²) in [5.41, 5.74) is 0. The van der Waals surface area contributed by atoms with E-state index in [1.54, 1.807) is 12.3 Å². The predicted octanol–water partition coefficient (Wildman–Crippen LogP) is 1.41. The molecule has 1 aromatic heterocycles. The molecule has 1 fully saturated rings. The lowest BCUT2D eigenvalue weighted by atomic mass is 9.88. The van der Waals surface area contributed by atoms with Crippen molar-refractivity contribution >= 4 is 0 Å². The highest BCUT2D eigenvalue weighted by Gasteiger charge is 2.21. The lowest BCUT2D eigenvalue weighted by Gasteiger charge is -2.27. The monoisotopic (exact) mass is 208 g/mol. The predicted molar refractivity (Wildman–Crippen MR) is 55.5 cm³/mol. The molecule has 0 radical (unpaired) electrons. The molecule has 4 heteroatoms. The van der Waals surface area contributed by atoms with Crippen LogP contribution in [0.3, 0.4) is 0 Å². The summed E-state index contributed by atoms with van der Waals surface area (Å²) < 4.78 is 5.72. The molecule has 0 amide bonds. The molecular formula is C11H16N2O2. The van der Waals surface area contributed by atoms with Crippen LogP contribution in [0.4, 0.5) is 0 Å². The van der Waals surface area contributed by atoms with Crippen LogP contribution in [0.5, 0.6) is 5.88 Å². The second kappa shape index (κ2) is 5.07. The van der Waals surface area contributed by atoms with Gasteiger partial charge in [0, 0.05) is 18.9 Å². The number of ether oxygens (including phenoxy) is 1. The molecule has 82 valence electrons. The van der Waals surface area contributed by atoms with Gasteiger partial charge in [-0.05, 0) is 31.6 Å². The average Bonchev–Trinajstić information content (AvgIpc) is 2.31. The van der Waals surface area contributed by atoms with Gasteiger partial charge in [0.1, 0.15) is 12.4 Å². The average molecular weight is 208 g/mol. The second-order valence-corrected chi connectivity index (χ2v) is 3.99. The van der Waals surface area contributed by atoms with Crippen LogP contribution in [-0.4, -0.2) is 27.8 Å². The molecule has 0 saturated heterocycles. The van der Waals surface area contributed by atoms with Crippen LogP contribution in [0.25, 0.3) is 0 Å². The summed E-state index contributed by atoms with van der Waals surface area (Å²) in [5.74, 6) is 1.12. The maximum Gasteiger partial charge on any atom is 0.216 e. The largest absolute Gasteiger partial charge is 0.474 e. The fraction of sp³-hybridized carbons (Fsp3) is 0.636. The van der Waals surface area contributed by atoms with Crippen molar-refractivity contribution in [2.75, 3.05) is 6.61 Å². The fourth-order valence-electron chi connectivity index (χ4n) is 1.95. The summed E-state index contributed by atoms with van der Waals surface area (Å²) in [6.07, 6.45) is 7.54. The normalized spacial score (nSPS) is 26.2. The molecule has 1 aliphatic rings. The molecular weight excluding hydrogens is 192 g/mol. The Hall–Kier alpha value is -1.16. The summed E-state index contributed by atoms with van der Waals surface area (Å²) in [6.45, 7) is 0.306. The lowest BCUT2D eigenvalue weighted by Crippen LogP contribution is -2.25. The molecule has 2 rings (SSSR count). The van der Waals surface area contributed by atoms with Crippen LogP contribution in [-0.2, 0) is 0 Å². The van der Waals surface area contributed by atoms with Crippen molar-refractivity contribution in [3.8, 4) is 5.88 Å². The van der Waals surface area contributed by atoms with E-state index in [1.807, 2.05) is 0 Å². The van der Waals surface area contributed by atoms with Crippen LogP contribution in [0.2, 0.25) is 0 Å². The third-order valence-electron chi connectivity index (χ3n) is 2.89. The van der Waals surface area contributed by atoms with Gasteiger partial charge in [0.25, 0.3) is 0 Å². The smallest absolute Gasteiger partial charge is 0.216 e. The number of hydrogen-bond acceptors (Lipinski definition) is 4. The van der Waals surface area contributed by atoms with Crippen LogP contribution in [0, 0.1) is 5.92 Å². The number of aliphatic hydroxyl groups excluding tert-OH is 1. The van der Waals surface area contributed by atoms with Gasteiger partial charge >= 0.3 is 0 Å². The highest BCUT2D eigenvalue weighted by molar-refractivity contribution is 5.05. The molecule has 0 bridgehead atoms. The molecule has 1 saturated carbocycles. The number of rotatable bonds is 3. The molecule has 1 aromatic rings. The van der Waals surface area contributed by atoms with Crippen molar-refractivity contribution < 1.29 is 9.84 Å². The van der Waals surface area contributed by atoms with Crippen LogP contribution in [0.1, 0.15) is 25.7 Å². The van der Waals surface area contributed by atoms with Crippen LogP contribution < -0.4 is 4.74 Å². The molecule has 0 aliphatic heterocycles.